The molecule has 0 atom stereocenters. The summed E-state index contributed by atoms with van der Waals surface area (Å²) in [5, 5.41) is 24.8. The van der Waals surface area contributed by atoms with Gasteiger partial charge in [0.05, 0.1) is 0 Å². The van der Waals surface area contributed by atoms with Gasteiger partial charge in [-0.1, -0.05) is 396 Å². The number of benzene rings is 15. The van der Waals surface area contributed by atoms with Gasteiger partial charge in [-0.3, -0.25) is 0 Å². The van der Waals surface area contributed by atoms with Crippen LogP contribution in [0.1, 0.15) is 152 Å². The van der Waals surface area contributed by atoms with Gasteiger partial charge in [0.1, 0.15) is 19.2 Å². The minimum absolute atomic E-state index is 0.535. The number of aryl methyl sites for hydroxylation is 1. The summed E-state index contributed by atoms with van der Waals surface area (Å²) in [6.45, 7) is 48.9. The Morgan fingerprint density at radius 2 is 0.500 bits per heavy atom. The van der Waals surface area contributed by atoms with Gasteiger partial charge in [-0.15, -0.1) is 11.3 Å². The Balaban J connectivity index is 0.000000266. The van der Waals surface area contributed by atoms with Gasteiger partial charge in [-0.2, -0.15) is 0 Å². The molecular formula is C105H127NOSSeSi. The number of hydrogen-bond donors (Lipinski definition) is 0. The van der Waals surface area contributed by atoms with Gasteiger partial charge in [-0.05, 0) is 101 Å². The second kappa shape index (κ2) is 50.1. The molecule has 19 aromatic rings. The summed E-state index contributed by atoms with van der Waals surface area (Å²) in [4.78, 5) is 0. The molecule has 15 aromatic carbocycles. The normalized spacial score (nSPS) is 10.3. The average Bonchev–Trinajstić information content (AvgIpc) is 1.11. The number of aromatic nitrogens is 1. The molecule has 20 rings (SSSR count). The van der Waals surface area contributed by atoms with Gasteiger partial charge in [0.15, 0.2) is 0 Å². The van der Waals surface area contributed by atoms with Crippen molar-refractivity contribution < 1.29 is 4.42 Å². The Morgan fingerprint density at radius 1 is 0.245 bits per heavy atom. The minimum atomic E-state index is -1.38. The minimum Gasteiger partial charge on any atom is -0.456 e. The fourth-order valence-corrected chi connectivity index (χ4v) is 19.9. The molecule has 0 spiro atoms. The molecule has 5 heterocycles. The average molecular weight is 1560 g/mol. The first-order valence-electron chi connectivity index (χ1n) is 41.1. The second-order valence-corrected chi connectivity index (χ2v) is 30.7. The zero-order valence-corrected chi connectivity index (χ0v) is 74.7. The summed E-state index contributed by atoms with van der Waals surface area (Å²) in [7, 11) is 0.734. The van der Waals surface area contributed by atoms with Crippen molar-refractivity contribution in [1.29, 1.82) is 0 Å². The Bertz CT molecular complexity index is 5050. The van der Waals surface area contributed by atoms with Crippen LogP contribution in [0.15, 0.2) is 320 Å². The molecule has 0 unspecified atom stereocenters. The first-order chi connectivity index (χ1) is 54.4. The van der Waals surface area contributed by atoms with Crippen LogP contribution in [0, 0.1) is 0 Å². The van der Waals surface area contributed by atoms with Crippen LogP contribution in [-0.4, -0.2) is 27.1 Å². The van der Waals surface area contributed by atoms with Crippen molar-refractivity contribution in [3.8, 4) is 11.1 Å². The molecule has 0 N–H and O–H groups in total. The third-order valence-corrected chi connectivity index (χ3v) is 24.7. The summed E-state index contributed by atoms with van der Waals surface area (Å²) >= 11 is 2.40. The van der Waals surface area contributed by atoms with E-state index in [1.54, 1.807) is 10.4 Å². The number of furan rings is 1. The van der Waals surface area contributed by atoms with E-state index in [1.165, 1.54) is 126 Å². The molecule has 0 aliphatic carbocycles. The van der Waals surface area contributed by atoms with Gasteiger partial charge in [-0.25, -0.2) is 0 Å². The fourth-order valence-electron chi connectivity index (χ4n) is 13.4. The molecule has 0 fully saturated rings. The van der Waals surface area contributed by atoms with Crippen molar-refractivity contribution in [2.24, 2.45) is 7.05 Å². The molecule has 0 amide bonds. The zero-order valence-electron chi connectivity index (χ0n) is 71.2. The monoisotopic (exact) mass is 1560 g/mol. The first-order valence-corrected chi connectivity index (χ1v) is 46.6. The van der Waals surface area contributed by atoms with E-state index in [1.807, 2.05) is 200 Å². The summed E-state index contributed by atoms with van der Waals surface area (Å²) in [6, 6.07) is 112. The van der Waals surface area contributed by atoms with E-state index in [0.717, 1.165) is 11.2 Å². The van der Waals surface area contributed by atoms with Crippen LogP contribution < -0.4 is 10.4 Å². The Labute approximate surface area is 673 Å². The van der Waals surface area contributed by atoms with Gasteiger partial charge in [0, 0.05) is 59.8 Å². The van der Waals surface area contributed by atoms with Crippen molar-refractivity contribution in [2.45, 2.75) is 165 Å². The smallest absolute Gasteiger partial charge is 0.135 e. The zero-order chi connectivity index (χ0) is 81.1. The second-order valence-electron chi connectivity index (χ2n) is 23.0. The summed E-state index contributed by atoms with van der Waals surface area (Å²) in [5.74, 6) is 0. The quantitative estimate of drug-likeness (QED) is 0.0841. The molecule has 0 radical (unpaired) electrons. The van der Waals surface area contributed by atoms with E-state index in [9.17, 15) is 0 Å². The summed E-state index contributed by atoms with van der Waals surface area (Å²) in [5.41, 5.74) is 7.45. The maximum atomic E-state index is 5.65. The van der Waals surface area contributed by atoms with E-state index >= 15 is 0 Å². The van der Waals surface area contributed by atoms with E-state index in [2.05, 4.69) is 304 Å². The van der Waals surface area contributed by atoms with Crippen LogP contribution in [0.5, 0.6) is 0 Å². The van der Waals surface area contributed by atoms with Gasteiger partial charge in [0.25, 0.3) is 0 Å². The maximum Gasteiger partial charge on any atom is 0.135 e. The number of fused-ring (bicyclic) bond motifs is 17. The van der Waals surface area contributed by atoms with E-state index in [0.29, 0.717) is 14.5 Å². The first kappa shape index (κ1) is 92.5. The molecule has 0 saturated carbocycles. The molecule has 2 nitrogen and oxygen atoms in total. The van der Waals surface area contributed by atoms with Crippen LogP contribution in [0.25, 0.3) is 137 Å². The Kier molecular flexibility index (Phi) is 42.1. The van der Waals surface area contributed by atoms with Crippen molar-refractivity contribution in [3.05, 3.63) is 315 Å². The molecule has 4 aromatic heterocycles. The number of nitrogens with zero attached hydrogens (tertiary/aromatic N) is 1. The Hall–Kier alpha value is -9.84. The molecule has 5 heteroatoms. The topological polar surface area (TPSA) is 18.1 Å². The van der Waals surface area contributed by atoms with Crippen molar-refractivity contribution >= 4 is 171 Å². The van der Waals surface area contributed by atoms with Crippen LogP contribution in [0.3, 0.4) is 0 Å². The third kappa shape index (κ3) is 21.4. The van der Waals surface area contributed by atoms with E-state index in [4.69, 9.17) is 4.42 Å². The summed E-state index contributed by atoms with van der Waals surface area (Å²) < 4.78 is 13.7. The van der Waals surface area contributed by atoms with Crippen molar-refractivity contribution in [2.75, 3.05) is 0 Å². The van der Waals surface area contributed by atoms with Crippen LogP contribution >= 0.6 is 11.3 Å². The molecule has 110 heavy (non-hydrogen) atoms. The van der Waals surface area contributed by atoms with Crippen LogP contribution in [-0.2, 0) is 7.05 Å². The summed E-state index contributed by atoms with van der Waals surface area (Å²) in [6.07, 6.45) is 0. The van der Waals surface area contributed by atoms with E-state index < -0.39 is 8.07 Å². The fraction of sp³-hybridized carbons (Fsp3) is 0.238. The predicted molar refractivity (Wildman–Crippen MR) is 513 cm³/mol. The van der Waals surface area contributed by atoms with Crippen LogP contribution in [0.4, 0.5) is 0 Å². The Morgan fingerprint density at radius 3 is 0.845 bits per heavy atom. The van der Waals surface area contributed by atoms with E-state index in [-0.39, 0.29) is 0 Å². The number of rotatable bonds is 0. The molecule has 0 saturated heterocycles. The van der Waals surface area contributed by atoms with Crippen LogP contribution in [0.2, 0.25) is 13.1 Å². The largest absolute Gasteiger partial charge is 0.456 e. The van der Waals surface area contributed by atoms with Crippen molar-refractivity contribution in [1.82, 2.24) is 4.57 Å². The molecule has 1 aliphatic heterocycles. The SMILES string of the molecule is CC.CC.CC.CC.CC.CC.CC.CC.CC.CC.CC.C[Si]1(C)c2ccccc2-c2ccccc21.Cn1c2ccccc2c2ccccc21.c1cc2cccc3c4cccc5cccc(c(c1)c23)c54.c1ccc2c(c1)[se]c1ccccc12.c1ccc2c(c1)oc1ccccc12.c1ccc2c(c1)sc1ccccc12. The number of thiophene rings is 1. The van der Waals surface area contributed by atoms with Crippen molar-refractivity contribution in [3.63, 3.8) is 0 Å². The number of para-hydroxylation sites is 4. The molecular weight excluding hydrogens is 1430 g/mol. The van der Waals surface area contributed by atoms with Gasteiger partial charge >= 0.3 is 82.3 Å². The predicted octanol–water partition coefficient (Wildman–Crippen LogP) is 33.5. The molecule has 1 aliphatic rings. The standard InChI is InChI=1S/C20H12.C14H14Si.C13H11N.C12H8O.C12H8S.C12H8Se.11C2H6/c1-5-13-6-2-11-17-18-12-4-8-14-7-3-10-16(20(14)18)15(9-1)19(13)17;1-15(2)13-9-5-3-7-11(13)12-8-4-6-10-14(12)15;1-14-12-8-4-2-6-10(12)11-7-3-5-9-13(11)14;3*1-3-7-11-9(5-1)10-6-2-4-8-12(10)13-11;11*1-2/h1-12H;3-10H,1-2H3;2-9H,1H3;3*1-8H;11*1-2H3. The molecule has 0 bridgehead atoms. The maximum absolute atomic E-state index is 5.65. The third-order valence-electron chi connectivity index (χ3n) is 17.6. The number of hydrogen-bond acceptors (Lipinski definition) is 2. The van der Waals surface area contributed by atoms with Gasteiger partial charge in [0.2, 0.25) is 0 Å². The van der Waals surface area contributed by atoms with Gasteiger partial charge < -0.3 is 8.98 Å². The molecule has 574 valence electrons.